The molecule has 164 valence electrons. The van der Waals surface area contributed by atoms with Gasteiger partial charge in [-0.05, 0) is 0 Å². The highest BCUT2D eigenvalue weighted by atomic mass is 19.4. The third kappa shape index (κ3) is 7.77. The van der Waals surface area contributed by atoms with E-state index < -0.39 is 61.6 Å². The van der Waals surface area contributed by atoms with Crippen molar-refractivity contribution in [1.29, 1.82) is 0 Å². The van der Waals surface area contributed by atoms with Gasteiger partial charge in [-0.25, -0.2) is 17.6 Å². The molecule has 0 heterocycles. The van der Waals surface area contributed by atoms with Crippen LogP contribution in [0.15, 0.2) is 0 Å². The predicted molar refractivity (Wildman–Crippen MR) is 52.0 cm³/mol. The molecule has 0 aromatic rings. The van der Waals surface area contributed by atoms with Crippen molar-refractivity contribution in [2.45, 2.75) is 61.6 Å². The van der Waals surface area contributed by atoms with E-state index in [1.165, 1.54) is 0 Å². The van der Waals surface area contributed by atoms with Gasteiger partial charge in [-0.15, -0.1) is 0 Å². The molecular formula is C10H6F16O. The van der Waals surface area contributed by atoms with Gasteiger partial charge in [0.15, 0.2) is 0 Å². The van der Waals surface area contributed by atoms with E-state index in [9.17, 15) is 70.2 Å². The summed E-state index contributed by atoms with van der Waals surface area (Å²) in [5.41, 5.74) is 0. The Hall–Kier alpha value is -1.16. The fourth-order valence-corrected chi connectivity index (χ4v) is 1.67. The number of ether oxygens (including phenoxy) is 1. The van der Waals surface area contributed by atoms with Crippen molar-refractivity contribution < 1.29 is 75.0 Å². The second kappa shape index (κ2) is 7.35. The SMILES string of the molecule is FC(C(F)(F)F)C(F)(CC(F)(F)F)OC(F)(CC(F)(F)F)C(F)C(F)(F)F. The first kappa shape index (κ1) is 25.8. The fourth-order valence-electron chi connectivity index (χ4n) is 1.67. The van der Waals surface area contributed by atoms with E-state index in [-0.39, 0.29) is 0 Å². The number of hydrogen-bond acceptors (Lipinski definition) is 1. The molecule has 0 spiro atoms. The minimum atomic E-state index is -6.69. The summed E-state index contributed by atoms with van der Waals surface area (Å²) in [5, 5.41) is 0. The Morgan fingerprint density at radius 2 is 0.704 bits per heavy atom. The summed E-state index contributed by atoms with van der Waals surface area (Å²) in [6.45, 7) is 0. The van der Waals surface area contributed by atoms with E-state index in [4.69, 9.17) is 0 Å². The highest BCUT2D eigenvalue weighted by molar-refractivity contribution is 4.94. The quantitative estimate of drug-likeness (QED) is 0.453. The Bertz CT molecular complexity index is 443. The van der Waals surface area contributed by atoms with E-state index in [1.54, 1.807) is 0 Å². The number of halogens is 16. The minimum Gasteiger partial charge on any atom is -0.302 e. The van der Waals surface area contributed by atoms with Crippen LogP contribution in [0.2, 0.25) is 0 Å². The lowest BCUT2D eigenvalue weighted by Crippen LogP contribution is -2.58. The fraction of sp³-hybridized carbons (Fsp3) is 1.00. The second-order valence-corrected chi connectivity index (χ2v) is 5.07. The Balaban J connectivity index is 6.28. The normalized spacial score (nSPS) is 21.3. The molecule has 0 aliphatic rings. The molecule has 0 N–H and O–H groups in total. The number of alkyl halides is 16. The topological polar surface area (TPSA) is 9.23 Å². The first-order valence-corrected chi connectivity index (χ1v) is 6.06. The molecular weight excluding hydrogens is 440 g/mol. The first-order chi connectivity index (χ1) is 11.4. The van der Waals surface area contributed by atoms with Gasteiger partial charge in [-0.2, -0.15) is 52.7 Å². The monoisotopic (exact) mass is 446 g/mol. The van der Waals surface area contributed by atoms with Crippen LogP contribution in [-0.4, -0.2) is 48.8 Å². The van der Waals surface area contributed by atoms with Crippen molar-refractivity contribution in [1.82, 2.24) is 0 Å². The van der Waals surface area contributed by atoms with E-state index in [2.05, 4.69) is 4.74 Å². The van der Waals surface area contributed by atoms with Crippen LogP contribution in [0, 0.1) is 0 Å². The molecule has 0 fully saturated rings. The van der Waals surface area contributed by atoms with Crippen LogP contribution in [0.5, 0.6) is 0 Å². The molecule has 0 bridgehead atoms. The van der Waals surface area contributed by atoms with E-state index in [1.807, 2.05) is 0 Å². The van der Waals surface area contributed by atoms with Crippen LogP contribution in [0.1, 0.15) is 12.8 Å². The van der Waals surface area contributed by atoms with Crippen molar-refractivity contribution >= 4 is 0 Å². The molecule has 4 unspecified atom stereocenters. The van der Waals surface area contributed by atoms with Crippen molar-refractivity contribution in [3.8, 4) is 0 Å². The third-order valence-electron chi connectivity index (χ3n) is 2.55. The second-order valence-electron chi connectivity index (χ2n) is 5.07. The minimum absolute atomic E-state index is 2.39. The van der Waals surface area contributed by atoms with E-state index in [0.717, 1.165) is 0 Å². The van der Waals surface area contributed by atoms with Crippen molar-refractivity contribution in [2.75, 3.05) is 0 Å². The van der Waals surface area contributed by atoms with Crippen LogP contribution in [0.25, 0.3) is 0 Å². The van der Waals surface area contributed by atoms with Gasteiger partial charge < -0.3 is 4.74 Å². The molecule has 0 aliphatic heterocycles. The standard InChI is InChI=1S/C10H6F16O/c11-3(9(21,22)23)5(13,1-7(15,16)17)27-6(14,2-8(18,19)20)4(12)10(24,25)26/h3-4H,1-2H2. The summed E-state index contributed by atoms with van der Waals surface area (Å²) in [6, 6.07) is 0. The van der Waals surface area contributed by atoms with E-state index >= 15 is 0 Å². The summed E-state index contributed by atoms with van der Waals surface area (Å²) < 4.78 is 202. The summed E-state index contributed by atoms with van der Waals surface area (Å²) in [6.07, 6.45) is -44.7. The van der Waals surface area contributed by atoms with Gasteiger partial charge in [0, 0.05) is 0 Å². The lowest BCUT2D eigenvalue weighted by Gasteiger charge is -2.38. The van der Waals surface area contributed by atoms with Crippen molar-refractivity contribution in [3.05, 3.63) is 0 Å². The van der Waals surface area contributed by atoms with Gasteiger partial charge in [-0.1, -0.05) is 0 Å². The number of rotatable bonds is 6. The van der Waals surface area contributed by atoms with Crippen molar-refractivity contribution in [2.24, 2.45) is 0 Å². The maximum absolute atomic E-state index is 13.8. The Kier molecular flexibility index (Phi) is 7.03. The Labute approximate surface area is 138 Å². The summed E-state index contributed by atoms with van der Waals surface area (Å²) >= 11 is 0. The van der Waals surface area contributed by atoms with Gasteiger partial charge >= 0.3 is 24.7 Å². The predicted octanol–water partition coefficient (Wildman–Crippen LogP) is 6.04. The highest BCUT2D eigenvalue weighted by Gasteiger charge is 2.69. The maximum atomic E-state index is 13.8. The van der Waals surface area contributed by atoms with Crippen LogP contribution in [0.3, 0.4) is 0 Å². The molecule has 0 saturated carbocycles. The van der Waals surface area contributed by atoms with Crippen LogP contribution < -0.4 is 0 Å². The van der Waals surface area contributed by atoms with Gasteiger partial charge in [0.25, 0.3) is 24.1 Å². The summed E-state index contributed by atoms with van der Waals surface area (Å²) in [7, 11) is 0. The summed E-state index contributed by atoms with van der Waals surface area (Å²) in [4.78, 5) is 0. The highest BCUT2D eigenvalue weighted by Crippen LogP contribution is 2.49. The lowest BCUT2D eigenvalue weighted by atomic mass is 10.0. The average molecular weight is 446 g/mol. The van der Waals surface area contributed by atoms with E-state index in [0.29, 0.717) is 0 Å². The molecule has 4 atom stereocenters. The van der Waals surface area contributed by atoms with Gasteiger partial charge in [-0.3, -0.25) is 0 Å². The van der Waals surface area contributed by atoms with Crippen molar-refractivity contribution in [3.63, 3.8) is 0 Å². The molecule has 0 aromatic carbocycles. The molecule has 0 radical (unpaired) electrons. The molecule has 0 rings (SSSR count). The zero-order chi connectivity index (χ0) is 22.3. The molecule has 0 aromatic heterocycles. The molecule has 0 aliphatic carbocycles. The number of hydrogen-bond donors (Lipinski definition) is 0. The van der Waals surface area contributed by atoms with Crippen LogP contribution >= 0.6 is 0 Å². The van der Waals surface area contributed by atoms with Gasteiger partial charge in [0.2, 0.25) is 0 Å². The molecule has 27 heavy (non-hydrogen) atoms. The first-order valence-electron chi connectivity index (χ1n) is 6.06. The Morgan fingerprint density at radius 3 is 0.852 bits per heavy atom. The molecule has 0 saturated heterocycles. The van der Waals surface area contributed by atoms with Crippen LogP contribution in [-0.2, 0) is 4.74 Å². The third-order valence-corrected chi connectivity index (χ3v) is 2.55. The lowest BCUT2D eigenvalue weighted by molar-refractivity contribution is -0.397. The molecule has 1 nitrogen and oxygen atoms in total. The van der Waals surface area contributed by atoms with Gasteiger partial charge in [0.1, 0.15) is 12.8 Å². The smallest absolute Gasteiger partial charge is 0.302 e. The zero-order valence-electron chi connectivity index (χ0n) is 12.0. The van der Waals surface area contributed by atoms with Gasteiger partial charge in [0.05, 0.1) is 0 Å². The molecule has 17 heteroatoms. The molecule has 0 amide bonds. The average Bonchev–Trinajstić information content (AvgIpc) is 2.29. The maximum Gasteiger partial charge on any atom is 0.425 e. The van der Waals surface area contributed by atoms with Crippen LogP contribution in [0.4, 0.5) is 70.2 Å². The zero-order valence-corrected chi connectivity index (χ0v) is 12.0. The largest absolute Gasteiger partial charge is 0.425 e. The summed E-state index contributed by atoms with van der Waals surface area (Å²) in [5.74, 6) is -12.4. The Morgan fingerprint density at radius 1 is 0.481 bits per heavy atom.